The Bertz CT molecular complexity index is 768. The maximum atomic E-state index is 12.1. The normalized spacial score (nSPS) is 11.9. The Balaban J connectivity index is 2.14. The van der Waals surface area contributed by atoms with Crippen LogP contribution >= 0.6 is 0 Å². The van der Waals surface area contributed by atoms with Crippen LogP contribution in [0.2, 0.25) is 0 Å². The summed E-state index contributed by atoms with van der Waals surface area (Å²) >= 11 is 0. The Labute approximate surface area is 135 Å². The van der Waals surface area contributed by atoms with Crippen LogP contribution in [0.3, 0.4) is 0 Å². The number of carbonyl (C=O) groups excluding carboxylic acids is 1. The molecule has 0 aliphatic rings. The number of fused-ring (bicyclic) bond motifs is 1. The van der Waals surface area contributed by atoms with Gasteiger partial charge in [-0.15, -0.1) is 0 Å². The van der Waals surface area contributed by atoms with E-state index in [9.17, 15) is 9.59 Å². The Hall–Kier alpha value is -2.37. The van der Waals surface area contributed by atoms with E-state index in [4.69, 9.17) is 0 Å². The quantitative estimate of drug-likeness (QED) is 0.804. The van der Waals surface area contributed by atoms with E-state index in [0.29, 0.717) is 23.7 Å². The molecule has 0 radical (unpaired) electrons. The molecular weight excluding hydrogens is 292 g/mol. The lowest BCUT2D eigenvalue weighted by atomic mass is 10.1. The highest BCUT2D eigenvalue weighted by atomic mass is 16.1. The van der Waals surface area contributed by atoms with Gasteiger partial charge in [0.15, 0.2) is 0 Å². The second-order valence-corrected chi connectivity index (χ2v) is 6.35. The van der Waals surface area contributed by atoms with Crippen LogP contribution in [0.5, 0.6) is 0 Å². The zero-order valence-corrected chi connectivity index (χ0v) is 14.1. The van der Waals surface area contributed by atoms with E-state index in [-0.39, 0.29) is 17.5 Å². The molecular formula is C17H24N4O2. The summed E-state index contributed by atoms with van der Waals surface area (Å²) < 4.78 is 1.77. The topological polar surface area (TPSA) is 79.8 Å². The molecule has 2 rings (SSSR count). The molecule has 6 heteroatoms. The van der Waals surface area contributed by atoms with Gasteiger partial charge in [0.2, 0.25) is 5.91 Å². The van der Waals surface area contributed by atoms with Gasteiger partial charge in [-0.05, 0) is 38.3 Å². The third kappa shape index (κ3) is 4.31. The molecule has 6 nitrogen and oxygen atoms in total. The first kappa shape index (κ1) is 17.0. The van der Waals surface area contributed by atoms with Gasteiger partial charge in [-0.1, -0.05) is 13.8 Å². The number of aromatic amines is 1. The Morgan fingerprint density at radius 3 is 2.78 bits per heavy atom. The third-order valence-corrected chi connectivity index (χ3v) is 3.55. The van der Waals surface area contributed by atoms with Gasteiger partial charge in [-0.25, -0.2) is 4.68 Å². The first-order chi connectivity index (χ1) is 10.9. The van der Waals surface area contributed by atoms with E-state index in [2.05, 4.69) is 29.2 Å². The summed E-state index contributed by atoms with van der Waals surface area (Å²) in [6, 6.07) is 1.91. The number of hydrogen-bond donors (Lipinski definition) is 2. The van der Waals surface area contributed by atoms with Crippen LogP contribution in [0.1, 0.15) is 45.7 Å². The van der Waals surface area contributed by atoms with E-state index < -0.39 is 0 Å². The van der Waals surface area contributed by atoms with Crippen LogP contribution in [-0.4, -0.2) is 27.2 Å². The highest BCUT2D eigenvalue weighted by molar-refractivity contribution is 5.92. The van der Waals surface area contributed by atoms with Crippen molar-refractivity contribution in [2.24, 2.45) is 5.92 Å². The lowest BCUT2D eigenvalue weighted by Crippen LogP contribution is -2.23. The average Bonchev–Trinajstić information content (AvgIpc) is 2.87. The summed E-state index contributed by atoms with van der Waals surface area (Å²) in [6.07, 6.45) is 5.57. The number of aromatic nitrogens is 3. The Morgan fingerprint density at radius 1 is 1.39 bits per heavy atom. The zero-order valence-electron chi connectivity index (χ0n) is 14.1. The Morgan fingerprint density at radius 2 is 2.13 bits per heavy atom. The molecule has 0 fully saturated rings. The van der Waals surface area contributed by atoms with Gasteiger partial charge in [0, 0.05) is 29.6 Å². The summed E-state index contributed by atoms with van der Waals surface area (Å²) in [5.74, 6) is 0.352. The number of pyridine rings is 1. The van der Waals surface area contributed by atoms with E-state index in [1.165, 1.54) is 12.2 Å². The minimum Gasteiger partial charge on any atom is -0.353 e. The number of nitrogens with one attached hydrogen (secondary N) is 2. The van der Waals surface area contributed by atoms with Crippen molar-refractivity contribution in [3.63, 3.8) is 0 Å². The average molecular weight is 316 g/mol. The fourth-order valence-electron chi connectivity index (χ4n) is 2.25. The first-order valence-electron chi connectivity index (χ1n) is 7.95. The highest BCUT2D eigenvalue weighted by Gasteiger charge is 2.08. The number of carbonyl (C=O) groups is 1. The standard InChI is InChI=1S/C17H24N4O2/c1-11(2)7-8-18-15(22)6-5-13-9-14-10-19-21(12(3)4)16(14)20-17(13)23/h5-6,9-12H,7-8H2,1-4H3,(H,18,22)(H,20,23). The van der Waals surface area contributed by atoms with Crippen LogP contribution in [0, 0.1) is 5.92 Å². The first-order valence-corrected chi connectivity index (χ1v) is 7.95. The highest BCUT2D eigenvalue weighted by Crippen LogP contribution is 2.15. The van der Waals surface area contributed by atoms with E-state index >= 15 is 0 Å². The van der Waals surface area contributed by atoms with Crippen LogP contribution in [0.25, 0.3) is 17.1 Å². The molecule has 0 saturated carbocycles. The molecule has 0 aliphatic heterocycles. The molecule has 2 N–H and O–H groups in total. The van der Waals surface area contributed by atoms with Gasteiger partial charge < -0.3 is 10.3 Å². The predicted octanol–water partition coefficient (Wildman–Crippen LogP) is 2.48. The summed E-state index contributed by atoms with van der Waals surface area (Å²) in [6.45, 7) is 8.85. The van der Waals surface area contributed by atoms with Crippen molar-refractivity contribution in [3.8, 4) is 0 Å². The lowest BCUT2D eigenvalue weighted by molar-refractivity contribution is -0.116. The van der Waals surface area contributed by atoms with E-state index in [1.54, 1.807) is 16.9 Å². The van der Waals surface area contributed by atoms with Gasteiger partial charge in [-0.3, -0.25) is 9.59 Å². The number of H-pyrrole nitrogens is 1. The summed E-state index contributed by atoms with van der Waals surface area (Å²) in [5, 5.41) is 7.92. The SMILES string of the molecule is CC(C)CCNC(=O)C=Cc1cc2cnn(C(C)C)c2[nH]c1=O. The van der Waals surface area contributed by atoms with Crippen molar-refractivity contribution < 1.29 is 4.79 Å². The lowest BCUT2D eigenvalue weighted by Gasteiger charge is -2.06. The second kappa shape index (κ2) is 7.26. The minimum atomic E-state index is -0.230. The predicted molar refractivity (Wildman–Crippen MR) is 92.2 cm³/mol. The van der Waals surface area contributed by atoms with Gasteiger partial charge in [0.1, 0.15) is 5.65 Å². The Kier molecular flexibility index (Phi) is 5.36. The largest absolute Gasteiger partial charge is 0.353 e. The fourth-order valence-corrected chi connectivity index (χ4v) is 2.25. The third-order valence-electron chi connectivity index (χ3n) is 3.55. The number of rotatable bonds is 6. The van der Waals surface area contributed by atoms with E-state index in [1.807, 2.05) is 13.8 Å². The summed E-state index contributed by atoms with van der Waals surface area (Å²) in [4.78, 5) is 26.7. The number of amides is 1. The van der Waals surface area contributed by atoms with Crippen molar-refractivity contribution in [1.29, 1.82) is 0 Å². The second-order valence-electron chi connectivity index (χ2n) is 6.35. The fraction of sp³-hybridized carbons (Fsp3) is 0.471. The van der Waals surface area contributed by atoms with Crippen molar-refractivity contribution in [2.45, 2.75) is 40.2 Å². The molecule has 0 unspecified atom stereocenters. The van der Waals surface area contributed by atoms with E-state index in [0.717, 1.165) is 11.8 Å². The number of hydrogen-bond acceptors (Lipinski definition) is 3. The van der Waals surface area contributed by atoms with Crippen molar-refractivity contribution in [2.75, 3.05) is 6.54 Å². The molecule has 0 bridgehead atoms. The zero-order chi connectivity index (χ0) is 17.0. The van der Waals surface area contributed by atoms with Crippen LogP contribution < -0.4 is 10.9 Å². The van der Waals surface area contributed by atoms with Crippen LogP contribution in [0.4, 0.5) is 0 Å². The molecule has 0 aliphatic carbocycles. The van der Waals surface area contributed by atoms with Crippen molar-refractivity contribution in [1.82, 2.24) is 20.1 Å². The molecule has 0 atom stereocenters. The summed E-state index contributed by atoms with van der Waals surface area (Å²) in [7, 11) is 0. The van der Waals surface area contributed by atoms with Crippen molar-refractivity contribution >= 4 is 23.0 Å². The van der Waals surface area contributed by atoms with Gasteiger partial charge in [-0.2, -0.15) is 5.10 Å². The maximum absolute atomic E-state index is 12.1. The van der Waals surface area contributed by atoms with Gasteiger partial charge in [0.25, 0.3) is 5.56 Å². The maximum Gasteiger partial charge on any atom is 0.256 e. The van der Waals surface area contributed by atoms with Crippen LogP contribution in [-0.2, 0) is 4.79 Å². The molecule has 0 spiro atoms. The van der Waals surface area contributed by atoms with Crippen LogP contribution in [0.15, 0.2) is 23.1 Å². The minimum absolute atomic E-state index is 0.163. The van der Waals surface area contributed by atoms with Crippen molar-refractivity contribution in [3.05, 3.63) is 34.3 Å². The summed E-state index contributed by atoms with van der Waals surface area (Å²) in [5.41, 5.74) is 0.912. The number of nitrogens with zero attached hydrogens (tertiary/aromatic N) is 2. The molecule has 1 amide bonds. The molecule has 124 valence electrons. The molecule has 0 aromatic carbocycles. The van der Waals surface area contributed by atoms with Gasteiger partial charge in [0.05, 0.1) is 6.20 Å². The monoisotopic (exact) mass is 316 g/mol. The molecule has 23 heavy (non-hydrogen) atoms. The molecule has 2 heterocycles. The smallest absolute Gasteiger partial charge is 0.256 e. The molecule has 0 saturated heterocycles. The van der Waals surface area contributed by atoms with Gasteiger partial charge >= 0.3 is 0 Å². The molecule has 2 aromatic rings. The molecule has 2 aromatic heterocycles.